The number of hydrogen-bond acceptors (Lipinski definition) is 2. The fraction of sp³-hybridized carbons (Fsp3) is 0.583. The quantitative estimate of drug-likeness (QED) is 0.876. The maximum Gasteiger partial charge on any atom is 0.270 e. The Hall–Kier alpha value is -1.00. The van der Waals surface area contributed by atoms with Crippen molar-refractivity contribution < 1.29 is 9.90 Å². The van der Waals surface area contributed by atoms with Crippen LogP contribution in [0.5, 0.6) is 0 Å². The molecular formula is C12H17ClN2O2. The van der Waals surface area contributed by atoms with Gasteiger partial charge < -0.3 is 14.6 Å². The Kier molecular flexibility index (Phi) is 3.74. The first-order chi connectivity index (χ1) is 8.11. The number of aryl methyl sites for hydroxylation is 1. The standard InChI is InChI=1S/C12H17ClN2O2/c1-2-14-7-9(13)6-11(14)12(17)15-5-3-4-10(16)8-15/h6-7,10,16H,2-5,8H2,1H3/t10-/m0/s1. The summed E-state index contributed by atoms with van der Waals surface area (Å²) in [6.45, 7) is 3.82. The molecule has 1 amide bonds. The maximum absolute atomic E-state index is 12.3. The second-order valence-corrected chi connectivity index (χ2v) is 4.81. The molecule has 1 fully saturated rings. The van der Waals surface area contributed by atoms with Crippen molar-refractivity contribution in [2.24, 2.45) is 0 Å². The van der Waals surface area contributed by atoms with Crippen LogP contribution in [0.3, 0.4) is 0 Å². The average Bonchev–Trinajstić information content (AvgIpc) is 2.69. The van der Waals surface area contributed by atoms with Gasteiger partial charge in [-0.3, -0.25) is 4.79 Å². The molecule has 1 N–H and O–H groups in total. The minimum Gasteiger partial charge on any atom is -0.391 e. The van der Waals surface area contributed by atoms with Gasteiger partial charge in [-0.05, 0) is 25.8 Å². The zero-order valence-electron chi connectivity index (χ0n) is 9.90. The Morgan fingerprint density at radius 1 is 1.65 bits per heavy atom. The minimum absolute atomic E-state index is 0.0440. The lowest BCUT2D eigenvalue weighted by molar-refractivity contribution is 0.0465. The van der Waals surface area contributed by atoms with E-state index in [4.69, 9.17) is 11.6 Å². The van der Waals surface area contributed by atoms with Gasteiger partial charge in [-0.2, -0.15) is 0 Å². The van der Waals surface area contributed by atoms with E-state index in [2.05, 4.69) is 0 Å². The predicted octanol–water partition coefficient (Wildman–Crippen LogP) is 1.76. The third kappa shape index (κ3) is 2.64. The summed E-state index contributed by atoms with van der Waals surface area (Å²) in [5, 5.41) is 10.2. The van der Waals surface area contributed by atoms with Crippen LogP contribution in [0.2, 0.25) is 5.02 Å². The van der Waals surface area contributed by atoms with Crippen LogP contribution in [-0.4, -0.2) is 39.7 Å². The van der Waals surface area contributed by atoms with Crippen molar-refractivity contribution in [3.8, 4) is 0 Å². The summed E-state index contributed by atoms with van der Waals surface area (Å²) in [4.78, 5) is 14.0. The highest BCUT2D eigenvalue weighted by atomic mass is 35.5. The van der Waals surface area contributed by atoms with E-state index in [-0.39, 0.29) is 5.91 Å². The molecule has 0 aromatic carbocycles. The number of likely N-dealkylation sites (tertiary alicyclic amines) is 1. The molecule has 2 rings (SSSR count). The highest BCUT2D eigenvalue weighted by Gasteiger charge is 2.25. The Morgan fingerprint density at radius 2 is 2.41 bits per heavy atom. The largest absolute Gasteiger partial charge is 0.391 e. The molecule has 0 aliphatic carbocycles. The van der Waals surface area contributed by atoms with E-state index in [9.17, 15) is 9.90 Å². The maximum atomic E-state index is 12.3. The molecule has 5 heteroatoms. The number of piperidine rings is 1. The molecule has 1 aliphatic heterocycles. The minimum atomic E-state index is -0.395. The molecule has 1 aliphatic rings. The number of nitrogens with zero attached hydrogens (tertiary/aromatic N) is 2. The van der Waals surface area contributed by atoms with Crippen molar-refractivity contribution in [1.82, 2.24) is 9.47 Å². The lowest BCUT2D eigenvalue weighted by Gasteiger charge is -2.30. The third-order valence-electron chi connectivity index (χ3n) is 3.11. The zero-order chi connectivity index (χ0) is 12.4. The van der Waals surface area contributed by atoms with E-state index >= 15 is 0 Å². The number of aromatic nitrogens is 1. The average molecular weight is 257 g/mol. The number of aliphatic hydroxyl groups is 1. The molecule has 1 aromatic rings. The van der Waals surface area contributed by atoms with Crippen LogP contribution in [0, 0.1) is 0 Å². The van der Waals surface area contributed by atoms with Crippen LogP contribution in [-0.2, 0) is 6.54 Å². The van der Waals surface area contributed by atoms with Gasteiger partial charge in [0.1, 0.15) is 5.69 Å². The van der Waals surface area contributed by atoms with E-state index in [1.165, 1.54) is 0 Å². The summed E-state index contributed by atoms with van der Waals surface area (Å²) in [6.07, 6.45) is 3.00. The SMILES string of the molecule is CCn1cc(Cl)cc1C(=O)N1CCC[C@H](O)C1. The van der Waals surface area contributed by atoms with Gasteiger partial charge in [-0.15, -0.1) is 0 Å². The number of carbonyl (C=O) groups excluding carboxylic acids is 1. The van der Waals surface area contributed by atoms with Crippen molar-refractivity contribution >= 4 is 17.5 Å². The highest BCUT2D eigenvalue weighted by molar-refractivity contribution is 6.31. The number of halogens is 1. The number of rotatable bonds is 2. The first-order valence-electron chi connectivity index (χ1n) is 5.95. The molecule has 0 radical (unpaired) electrons. The van der Waals surface area contributed by atoms with E-state index in [1.807, 2.05) is 11.5 Å². The Morgan fingerprint density at radius 3 is 3.06 bits per heavy atom. The third-order valence-corrected chi connectivity index (χ3v) is 3.31. The smallest absolute Gasteiger partial charge is 0.270 e. The van der Waals surface area contributed by atoms with Crippen molar-refractivity contribution in [3.63, 3.8) is 0 Å². The highest BCUT2D eigenvalue weighted by Crippen LogP contribution is 2.18. The summed E-state index contributed by atoms with van der Waals surface area (Å²) < 4.78 is 1.84. The first-order valence-corrected chi connectivity index (χ1v) is 6.32. The van der Waals surface area contributed by atoms with E-state index < -0.39 is 6.10 Å². The normalized spacial score (nSPS) is 20.6. The predicted molar refractivity (Wildman–Crippen MR) is 66.3 cm³/mol. The number of β-amino-alcohol motifs (C(OH)–C–C–N with tert-alkyl or cyclic N) is 1. The van der Waals surface area contributed by atoms with E-state index in [1.54, 1.807) is 17.2 Å². The van der Waals surface area contributed by atoms with Gasteiger partial charge in [0.05, 0.1) is 11.1 Å². The van der Waals surface area contributed by atoms with E-state index in [0.717, 1.165) is 12.8 Å². The van der Waals surface area contributed by atoms with Gasteiger partial charge in [0, 0.05) is 25.8 Å². The molecule has 0 bridgehead atoms. The number of hydrogen-bond donors (Lipinski definition) is 1. The molecule has 1 aromatic heterocycles. The van der Waals surface area contributed by atoms with Gasteiger partial charge >= 0.3 is 0 Å². The lowest BCUT2D eigenvalue weighted by atomic mass is 10.1. The van der Waals surface area contributed by atoms with Crippen LogP contribution in [0.25, 0.3) is 0 Å². The topological polar surface area (TPSA) is 45.5 Å². The van der Waals surface area contributed by atoms with Gasteiger partial charge in [-0.25, -0.2) is 0 Å². The van der Waals surface area contributed by atoms with Crippen molar-refractivity contribution in [2.45, 2.75) is 32.4 Å². The molecule has 0 spiro atoms. The first kappa shape index (κ1) is 12.5. The molecule has 0 saturated carbocycles. The molecule has 2 heterocycles. The van der Waals surface area contributed by atoms with E-state index in [0.29, 0.717) is 30.4 Å². The van der Waals surface area contributed by atoms with Gasteiger partial charge in [-0.1, -0.05) is 11.6 Å². The van der Waals surface area contributed by atoms with Crippen LogP contribution >= 0.6 is 11.6 Å². The van der Waals surface area contributed by atoms with Crippen molar-refractivity contribution in [3.05, 3.63) is 23.0 Å². The van der Waals surface area contributed by atoms with Crippen LogP contribution < -0.4 is 0 Å². The molecule has 4 nitrogen and oxygen atoms in total. The van der Waals surface area contributed by atoms with Crippen LogP contribution in [0.15, 0.2) is 12.3 Å². The second-order valence-electron chi connectivity index (χ2n) is 4.38. The molecular weight excluding hydrogens is 240 g/mol. The summed E-state index contributed by atoms with van der Waals surface area (Å²) >= 11 is 5.92. The van der Waals surface area contributed by atoms with Crippen LogP contribution in [0.1, 0.15) is 30.3 Å². The summed E-state index contributed by atoms with van der Waals surface area (Å²) in [5.74, 6) is -0.0440. The Bertz CT molecular complexity index is 417. The van der Waals surface area contributed by atoms with Gasteiger partial charge in [0.25, 0.3) is 5.91 Å². The number of carbonyl (C=O) groups is 1. The summed E-state index contributed by atoms with van der Waals surface area (Å²) in [5.41, 5.74) is 0.603. The molecule has 1 saturated heterocycles. The second kappa shape index (κ2) is 5.10. The Labute approximate surface area is 106 Å². The zero-order valence-corrected chi connectivity index (χ0v) is 10.7. The van der Waals surface area contributed by atoms with Crippen LogP contribution in [0.4, 0.5) is 0 Å². The molecule has 94 valence electrons. The molecule has 1 atom stereocenters. The monoisotopic (exact) mass is 256 g/mol. The van der Waals surface area contributed by atoms with Gasteiger partial charge in [0.15, 0.2) is 0 Å². The lowest BCUT2D eigenvalue weighted by Crippen LogP contribution is -2.42. The fourth-order valence-electron chi connectivity index (χ4n) is 2.22. The van der Waals surface area contributed by atoms with Gasteiger partial charge in [0.2, 0.25) is 0 Å². The van der Waals surface area contributed by atoms with Crippen molar-refractivity contribution in [2.75, 3.05) is 13.1 Å². The summed E-state index contributed by atoms with van der Waals surface area (Å²) in [7, 11) is 0. The fourth-order valence-corrected chi connectivity index (χ4v) is 2.44. The Balaban J connectivity index is 2.18. The molecule has 17 heavy (non-hydrogen) atoms. The molecule has 0 unspecified atom stereocenters. The number of aliphatic hydroxyl groups excluding tert-OH is 1. The number of amides is 1. The summed E-state index contributed by atoms with van der Waals surface area (Å²) in [6, 6.07) is 1.69. The van der Waals surface area contributed by atoms with Crippen molar-refractivity contribution in [1.29, 1.82) is 0 Å².